The Bertz CT molecular complexity index is 175. The monoisotopic (exact) mass is 229 g/mol. The summed E-state index contributed by atoms with van der Waals surface area (Å²) in [4.78, 5) is 2.74. The topological polar surface area (TPSA) is 3.24 Å². The van der Waals surface area contributed by atoms with Crippen LogP contribution in [0.25, 0.3) is 0 Å². The highest BCUT2D eigenvalue weighted by atomic mass is 35.5. The van der Waals surface area contributed by atoms with Crippen LogP contribution in [0.3, 0.4) is 0 Å². The van der Waals surface area contributed by atoms with Gasteiger partial charge in [0.25, 0.3) is 0 Å². The molecule has 0 aromatic rings. The third-order valence-corrected chi connectivity index (χ3v) is 4.55. The Morgan fingerprint density at radius 2 is 1.67 bits per heavy atom. The second kappa shape index (κ2) is 6.10. The van der Waals surface area contributed by atoms with Gasteiger partial charge in [0.05, 0.1) is 0 Å². The van der Waals surface area contributed by atoms with Crippen molar-refractivity contribution in [2.75, 3.05) is 19.0 Å². The lowest BCUT2D eigenvalue weighted by Crippen LogP contribution is -2.42. The van der Waals surface area contributed by atoms with Crippen LogP contribution in [0.15, 0.2) is 0 Å². The fraction of sp³-hybridized carbons (Fsp3) is 1.00. The third kappa shape index (κ3) is 3.35. The molecule has 0 radical (unpaired) electrons. The van der Waals surface area contributed by atoms with Gasteiger partial charge in [-0.2, -0.15) is 0 Å². The highest BCUT2D eigenvalue weighted by molar-refractivity contribution is 6.18. The van der Waals surface area contributed by atoms with Crippen molar-refractivity contribution in [3.05, 3.63) is 0 Å². The van der Waals surface area contributed by atoms with Crippen LogP contribution in [0.2, 0.25) is 0 Å². The molecule has 0 N–H and O–H groups in total. The molecule has 1 heterocycles. The van der Waals surface area contributed by atoms with Gasteiger partial charge in [-0.1, -0.05) is 25.7 Å². The number of halogens is 1. The molecular weight excluding hydrogens is 206 g/mol. The van der Waals surface area contributed by atoms with Gasteiger partial charge in [-0.25, -0.2) is 0 Å². The smallest absolute Gasteiger partial charge is 0.0263 e. The zero-order valence-electron chi connectivity index (χ0n) is 9.76. The predicted molar refractivity (Wildman–Crippen MR) is 66.5 cm³/mol. The molecule has 2 heteroatoms. The third-order valence-electron chi connectivity index (χ3n) is 4.11. The number of alkyl halides is 1. The Hall–Kier alpha value is 0.250. The van der Waals surface area contributed by atoms with E-state index in [1.807, 2.05) is 0 Å². The zero-order chi connectivity index (χ0) is 10.5. The average molecular weight is 230 g/mol. The molecular formula is C13H24ClN. The number of likely N-dealkylation sites (tertiary alicyclic amines) is 1. The molecule has 0 aromatic heterocycles. The van der Waals surface area contributed by atoms with E-state index in [1.54, 1.807) is 0 Å². The summed E-state index contributed by atoms with van der Waals surface area (Å²) in [7, 11) is 0. The van der Waals surface area contributed by atoms with E-state index in [0.717, 1.165) is 17.8 Å². The molecule has 2 aliphatic rings. The van der Waals surface area contributed by atoms with Gasteiger partial charge in [0.15, 0.2) is 0 Å². The molecule has 1 saturated heterocycles. The zero-order valence-corrected chi connectivity index (χ0v) is 10.5. The first-order chi connectivity index (χ1) is 7.40. The molecule has 0 bridgehead atoms. The van der Waals surface area contributed by atoms with Crippen LogP contribution < -0.4 is 0 Å². The predicted octanol–water partition coefficient (Wildman–Crippen LogP) is 3.66. The first-order valence-corrected chi connectivity index (χ1v) is 7.23. The summed E-state index contributed by atoms with van der Waals surface area (Å²) in [6.45, 7) is 2.60. The Morgan fingerprint density at radius 3 is 2.33 bits per heavy atom. The summed E-state index contributed by atoms with van der Waals surface area (Å²) >= 11 is 5.99. The molecule has 0 amide bonds. The maximum Gasteiger partial charge on any atom is 0.0263 e. The number of hydrogen-bond acceptors (Lipinski definition) is 1. The summed E-state index contributed by atoms with van der Waals surface area (Å²) in [6.07, 6.45) is 11.4. The summed E-state index contributed by atoms with van der Waals surface area (Å²) in [5.74, 6) is 1.63. The molecule has 2 fully saturated rings. The van der Waals surface area contributed by atoms with Crippen molar-refractivity contribution >= 4 is 11.6 Å². The summed E-state index contributed by atoms with van der Waals surface area (Å²) in [5.41, 5.74) is 0. The van der Waals surface area contributed by atoms with E-state index < -0.39 is 0 Å². The van der Waals surface area contributed by atoms with Crippen molar-refractivity contribution in [1.29, 1.82) is 0 Å². The number of hydrogen-bond donors (Lipinski definition) is 0. The van der Waals surface area contributed by atoms with Gasteiger partial charge in [-0.05, 0) is 38.1 Å². The Kier molecular flexibility index (Phi) is 4.77. The lowest BCUT2D eigenvalue weighted by molar-refractivity contribution is 0.120. The van der Waals surface area contributed by atoms with Gasteiger partial charge in [-0.3, -0.25) is 0 Å². The number of piperidine rings is 1. The first-order valence-electron chi connectivity index (χ1n) is 6.70. The molecule has 88 valence electrons. The van der Waals surface area contributed by atoms with E-state index >= 15 is 0 Å². The SMILES string of the molecule is ClCC1CCCN(C2CCCCCC2)C1. The van der Waals surface area contributed by atoms with Crippen molar-refractivity contribution in [1.82, 2.24) is 4.90 Å². The Morgan fingerprint density at radius 1 is 0.933 bits per heavy atom. The van der Waals surface area contributed by atoms with Crippen molar-refractivity contribution < 1.29 is 0 Å². The Balaban J connectivity index is 1.84. The molecule has 0 aromatic carbocycles. The summed E-state index contributed by atoms with van der Waals surface area (Å²) < 4.78 is 0. The van der Waals surface area contributed by atoms with Crippen LogP contribution in [0, 0.1) is 5.92 Å². The molecule has 1 unspecified atom stereocenters. The Labute approximate surface area is 99.2 Å². The molecule has 1 aliphatic heterocycles. The normalized spacial score (nSPS) is 31.4. The minimum absolute atomic E-state index is 0.767. The van der Waals surface area contributed by atoms with E-state index in [1.165, 1.54) is 64.5 Å². The second-order valence-electron chi connectivity index (χ2n) is 5.30. The van der Waals surface area contributed by atoms with Crippen LogP contribution in [0.4, 0.5) is 0 Å². The number of rotatable bonds is 2. The van der Waals surface area contributed by atoms with Gasteiger partial charge in [0.2, 0.25) is 0 Å². The van der Waals surface area contributed by atoms with Gasteiger partial charge < -0.3 is 4.90 Å². The summed E-state index contributed by atoms with van der Waals surface area (Å²) in [5, 5.41) is 0. The van der Waals surface area contributed by atoms with E-state index in [2.05, 4.69) is 4.90 Å². The van der Waals surface area contributed by atoms with Gasteiger partial charge in [0, 0.05) is 18.5 Å². The van der Waals surface area contributed by atoms with Crippen molar-refractivity contribution in [3.63, 3.8) is 0 Å². The van der Waals surface area contributed by atoms with E-state index in [9.17, 15) is 0 Å². The second-order valence-corrected chi connectivity index (χ2v) is 5.61. The highest BCUT2D eigenvalue weighted by Crippen LogP contribution is 2.26. The first kappa shape index (κ1) is 11.7. The van der Waals surface area contributed by atoms with Crippen LogP contribution in [0.5, 0.6) is 0 Å². The molecule has 1 atom stereocenters. The lowest BCUT2D eigenvalue weighted by Gasteiger charge is -2.37. The largest absolute Gasteiger partial charge is 0.300 e. The standard InChI is InChI=1S/C13H24ClN/c14-10-12-6-5-9-15(11-12)13-7-3-1-2-4-8-13/h12-13H,1-11H2. The fourth-order valence-corrected chi connectivity index (χ4v) is 3.43. The maximum absolute atomic E-state index is 5.99. The van der Waals surface area contributed by atoms with Crippen molar-refractivity contribution in [2.24, 2.45) is 5.92 Å². The fourth-order valence-electron chi connectivity index (χ4n) is 3.18. The molecule has 1 aliphatic carbocycles. The van der Waals surface area contributed by atoms with Gasteiger partial charge in [-0.15, -0.1) is 11.6 Å². The summed E-state index contributed by atoms with van der Waals surface area (Å²) in [6, 6.07) is 0.888. The quantitative estimate of drug-likeness (QED) is 0.516. The average Bonchev–Trinajstić information content (AvgIpc) is 2.58. The minimum atomic E-state index is 0.767. The highest BCUT2D eigenvalue weighted by Gasteiger charge is 2.25. The van der Waals surface area contributed by atoms with Crippen LogP contribution in [-0.2, 0) is 0 Å². The van der Waals surface area contributed by atoms with E-state index in [4.69, 9.17) is 11.6 Å². The van der Waals surface area contributed by atoms with Crippen molar-refractivity contribution in [2.45, 2.75) is 57.4 Å². The molecule has 1 saturated carbocycles. The van der Waals surface area contributed by atoms with Crippen LogP contribution >= 0.6 is 11.6 Å². The molecule has 2 rings (SSSR count). The van der Waals surface area contributed by atoms with Gasteiger partial charge >= 0.3 is 0 Å². The maximum atomic E-state index is 5.99. The van der Waals surface area contributed by atoms with Gasteiger partial charge in [0.1, 0.15) is 0 Å². The van der Waals surface area contributed by atoms with Crippen molar-refractivity contribution in [3.8, 4) is 0 Å². The molecule has 15 heavy (non-hydrogen) atoms. The van der Waals surface area contributed by atoms with Crippen LogP contribution in [-0.4, -0.2) is 29.9 Å². The number of nitrogens with zero attached hydrogens (tertiary/aromatic N) is 1. The molecule has 1 nitrogen and oxygen atoms in total. The van der Waals surface area contributed by atoms with E-state index in [-0.39, 0.29) is 0 Å². The van der Waals surface area contributed by atoms with E-state index in [0.29, 0.717) is 0 Å². The molecule has 0 spiro atoms. The van der Waals surface area contributed by atoms with Crippen LogP contribution in [0.1, 0.15) is 51.4 Å². The lowest BCUT2D eigenvalue weighted by atomic mass is 9.96. The minimum Gasteiger partial charge on any atom is -0.300 e.